The molecule has 0 aromatic rings. The van der Waals surface area contributed by atoms with Gasteiger partial charge in [0, 0.05) is 5.92 Å². The van der Waals surface area contributed by atoms with Crippen LogP contribution < -0.4 is 34.7 Å². The second-order valence-corrected chi connectivity index (χ2v) is 1.96. The van der Waals surface area contributed by atoms with Crippen LogP contribution in [0.5, 0.6) is 0 Å². The van der Waals surface area contributed by atoms with E-state index in [0.717, 1.165) is 0 Å². The summed E-state index contributed by atoms with van der Waals surface area (Å²) in [6.07, 6.45) is 0.548. The Balaban J connectivity index is 0. The normalized spacial score (nSPS) is 11.4. The van der Waals surface area contributed by atoms with Crippen molar-refractivity contribution in [1.29, 1.82) is 0 Å². The molecule has 1 atom stereocenters. The number of ketones is 1. The Kier molecular flexibility index (Phi) is 7.53. The molecule has 52 valence electrons. The van der Waals surface area contributed by atoms with Crippen LogP contribution in [0.4, 0.5) is 0 Å². The van der Waals surface area contributed by atoms with Crippen molar-refractivity contribution in [2.75, 3.05) is 0 Å². The van der Waals surface area contributed by atoms with E-state index >= 15 is 0 Å². The molecule has 0 bridgehead atoms. The van der Waals surface area contributed by atoms with E-state index in [9.17, 15) is 14.7 Å². The molecule has 10 heavy (non-hydrogen) atoms. The van der Waals surface area contributed by atoms with Crippen molar-refractivity contribution >= 4 is 11.8 Å². The maximum absolute atomic E-state index is 10.4. The molecule has 3 nitrogen and oxygen atoms in total. The maximum Gasteiger partial charge on any atom is 1.00 e. The summed E-state index contributed by atoms with van der Waals surface area (Å²) in [6, 6.07) is 0. The molecule has 0 spiro atoms. The Morgan fingerprint density at radius 1 is 1.50 bits per heavy atom. The van der Waals surface area contributed by atoms with Crippen molar-refractivity contribution in [2.24, 2.45) is 5.92 Å². The standard InChI is InChI=1S/C6H10O3.Na/c1-3-4(2)5(7)6(8)9;/h4H,3H2,1-2H3,(H,8,9);/q;+1/p-1/t4-;/m0./s1. The van der Waals surface area contributed by atoms with E-state index in [2.05, 4.69) is 0 Å². The minimum atomic E-state index is -1.58. The first-order valence-electron chi connectivity index (χ1n) is 2.84. The van der Waals surface area contributed by atoms with Crippen molar-refractivity contribution in [3.63, 3.8) is 0 Å². The minimum Gasteiger partial charge on any atom is -0.542 e. The average molecular weight is 152 g/mol. The molecule has 0 aliphatic rings. The molecule has 0 saturated carbocycles. The van der Waals surface area contributed by atoms with E-state index in [0.29, 0.717) is 6.42 Å². The molecule has 0 unspecified atom stereocenters. The average Bonchev–Trinajstić information content (AvgIpc) is 1.84. The van der Waals surface area contributed by atoms with Gasteiger partial charge >= 0.3 is 29.6 Å². The molecule has 0 aromatic heterocycles. The first-order chi connectivity index (χ1) is 4.09. The smallest absolute Gasteiger partial charge is 0.542 e. The molecule has 0 radical (unpaired) electrons. The Morgan fingerprint density at radius 3 is 2.00 bits per heavy atom. The van der Waals surface area contributed by atoms with Crippen LogP contribution in [0.15, 0.2) is 0 Å². The van der Waals surface area contributed by atoms with Crippen molar-refractivity contribution in [2.45, 2.75) is 20.3 Å². The number of Topliss-reactive ketones (excluding diaryl/α,β-unsaturated/α-hetero) is 1. The third kappa shape index (κ3) is 4.04. The van der Waals surface area contributed by atoms with Gasteiger partial charge in [-0.15, -0.1) is 0 Å². The van der Waals surface area contributed by atoms with Crippen LogP contribution in [0, 0.1) is 5.92 Å². The van der Waals surface area contributed by atoms with Crippen LogP contribution in [0.3, 0.4) is 0 Å². The molecule has 0 aliphatic heterocycles. The maximum atomic E-state index is 10.4. The SMILES string of the molecule is CC[C@H](C)C(=O)C(=O)[O-].[Na+]. The van der Waals surface area contributed by atoms with Gasteiger partial charge < -0.3 is 9.90 Å². The minimum absolute atomic E-state index is 0. The van der Waals surface area contributed by atoms with Crippen molar-refractivity contribution in [1.82, 2.24) is 0 Å². The van der Waals surface area contributed by atoms with Crippen molar-refractivity contribution in [3.05, 3.63) is 0 Å². The predicted octanol–water partition coefficient (Wildman–Crippen LogP) is -3.64. The number of carbonyl (C=O) groups is 2. The Morgan fingerprint density at radius 2 is 1.90 bits per heavy atom. The molecule has 0 aliphatic carbocycles. The summed E-state index contributed by atoms with van der Waals surface area (Å²) in [5.41, 5.74) is 0. The molecule has 0 amide bonds. The fourth-order valence-electron chi connectivity index (χ4n) is 0.387. The topological polar surface area (TPSA) is 57.2 Å². The first-order valence-corrected chi connectivity index (χ1v) is 2.84. The zero-order chi connectivity index (χ0) is 7.44. The van der Waals surface area contributed by atoms with Crippen LogP contribution in [0.2, 0.25) is 0 Å². The second kappa shape index (κ2) is 5.89. The van der Waals surface area contributed by atoms with Crippen LogP contribution in [0.1, 0.15) is 20.3 Å². The van der Waals surface area contributed by atoms with Gasteiger partial charge in [0.15, 0.2) is 5.78 Å². The monoisotopic (exact) mass is 152 g/mol. The van der Waals surface area contributed by atoms with E-state index in [1.807, 2.05) is 0 Å². The van der Waals surface area contributed by atoms with Gasteiger partial charge in [0.2, 0.25) is 0 Å². The quantitative estimate of drug-likeness (QED) is 0.309. The van der Waals surface area contributed by atoms with Crippen molar-refractivity contribution in [3.8, 4) is 0 Å². The number of rotatable bonds is 3. The van der Waals surface area contributed by atoms with Gasteiger partial charge in [-0.3, -0.25) is 4.79 Å². The van der Waals surface area contributed by atoms with Crippen LogP contribution in [-0.4, -0.2) is 11.8 Å². The molecular weight excluding hydrogens is 143 g/mol. The fraction of sp³-hybridized carbons (Fsp3) is 0.667. The van der Waals surface area contributed by atoms with Crippen LogP contribution >= 0.6 is 0 Å². The number of carboxylic acid groups (broad SMARTS) is 1. The van der Waals surface area contributed by atoms with Gasteiger partial charge in [-0.25, -0.2) is 0 Å². The van der Waals surface area contributed by atoms with Gasteiger partial charge in [0.25, 0.3) is 0 Å². The molecule has 0 rings (SSSR count). The molecule has 0 heterocycles. The van der Waals surface area contributed by atoms with Gasteiger partial charge in [-0.2, -0.15) is 0 Å². The first kappa shape index (κ1) is 12.8. The van der Waals surface area contributed by atoms with Gasteiger partial charge in [-0.05, 0) is 6.42 Å². The Bertz CT molecular complexity index is 133. The number of hydrogen-bond donors (Lipinski definition) is 0. The molecule has 0 N–H and O–H groups in total. The van der Waals surface area contributed by atoms with Crippen molar-refractivity contribution < 1.29 is 44.3 Å². The number of hydrogen-bond acceptors (Lipinski definition) is 3. The third-order valence-corrected chi connectivity index (χ3v) is 1.26. The molecule has 4 heteroatoms. The summed E-state index contributed by atoms with van der Waals surface area (Å²) in [5.74, 6) is -2.79. The Hall–Kier alpha value is 0.140. The van der Waals surface area contributed by atoms with E-state index in [1.165, 1.54) is 0 Å². The second-order valence-electron chi connectivity index (χ2n) is 1.96. The summed E-state index contributed by atoms with van der Waals surface area (Å²) in [4.78, 5) is 20.3. The molecule has 0 aromatic carbocycles. The number of aliphatic carboxylic acids is 1. The zero-order valence-corrected chi connectivity index (χ0v) is 8.51. The Labute approximate surface area is 82.1 Å². The number of carbonyl (C=O) groups excluding carboxylic acids is 2. The summed E-state index contributed by atoms with van der Waals surface area (Å²) in [6.45, 7) is 3.32. The predicted molar refractivity (Wildman–Crippen MR) is 29.5 cm³/mol. The fourth-order valence-corrected chi connectivity index (χ4v) is 0.387. The zero-order valence-electron chi connectivity index (χ0n) is 6.51. The summed E-state index contributed by atoms with van der Waals surface area (Å²) in [7, 11) is 0. The van der Waals surface area contributed by atoms with Gasteiger partial charge in [0.1, 0.15) is 5.97 Å². The number of carboxylic acids is 1. The largest absolute Gasteiger partial charge is 1.00 e. The van der Waals surface area contributed by atoms with Crippen LogP contribution in [0.25, 0.3) is 0 Å². The van der Waals surface area contributed by atoms with Gasteiger partial charge in [-0.1, -0.05) is 13.8 Å². The summed E-state index contributed by atoms with van der Waals surface area (Å²) < 4.78 is 0. The summed E-state index contributed by atoms with van der Waals surface area (Å²) >= 11 is 0. The third-order valence-electron chi connectivity index (χ3n) is 1.26. The molecular formula is C6H9NaO3. The molecule has 0 saturated heterocycles. The van der Waals surface area contributed by atoms with E-state index < -0.39 is 17.7 Å². The van der Waals surface area contributed by atoms with Crippen LogP contribution in [-0.2, 0) is 9.59 Å². The van der Waals surface area contributed by atoms with E-state index in [1.54, 1.807) is 13.8 Å². The molecule has 0 fully saturated rings. The summed E-state index contributed by atoms with van der Waals surface area (Å²) in [5, 5.41) is 9.84. The van der Waals surface area contributed by atoms with Gasteiger partial charge in [0.05, 0.1) is 0 Å². The van der Waals surface area contributed by atoms with E-state index in [-0.39, 0.29) is 29.6 Å². The van der Waals surface area contributed by atoms with E-state index in [4.69, 9.17) is 0 Å².